The standard InChI is InChI=1S/C10H19NO2/c1-5-6-7-11-9(4)13-10(12)8(2)3/h9,11H,2,5-7H2,1,3-4H3. The number of carbonyl (C=O) groups is 1. The molecule has 0 saturated heterocycles. The number of hydrogen-bond donors (Lipinski definition) is 1. The molecule has 0 aromatic carbocycles. The minimum Gasteiger partial charge on any atom is -0.444 e. The monoisotopic (exact) mass is 185 g/mol. The Labute approximate surface area is 80.2 Å². The second-order valence-electron chi connectivity index (χ2n) is 3.14. The summed E-state index contributed by atoms with van der Waals surface area (Å²) in [6.07, 6.45) is 2.00. The van der Waals surface area contributed by atoms with E-state index in [0.717, 1.165) is 19.4 Å². The van der Waals surface area contributed by atoms with Crippen molar-refractivity contribution < 1.29 is 9.53 Å². The third kappa shape index (κ3) is 6.34. The second kappa shape index (κ2) is 6.66. The van der Waals surface area contributed by atoms with E-state index in [1.54, 1.807) is 6.92 Å². The van der Waals surface area contributed by atoms with Gasteiger partial charge >= 0.3 is 5.97 Å². The fourth-order valence-corrected chi connectivity index (χ4v) is 0.785. The van der Waals surface area contributed by atoms with Crippen LogP contribution in [0.5, 0.6) is 0 Å². The lowest BCUT2D eigenvalue weighted by Gasteiger charge is -2.14. The lowest BCUT2D eigenvalue weighted by molar-refractivity contribution is -0.144. The fourth-order valence-electron chi connectivity index (χ4n) is 0.785. The van der Waals surface area contributed by atoms with E-state index in [1.165, 1.54) is 0 Å². The Morgan fingerprint density at radius 1 is 1.62 bits per heavy atom. The van der Waals surface area contributed by atoms with Gasteiger partial charge in [-0.3, -0.25) is 5.32 Å². The first-order valence-corrected chi connectivity index (χ1v) is 4.67. The number of nitrogens with one attached hydrogen (secondary N) is 1. The largest absolute Gasteiger partial charge is 0.444 e. The molecule has 3 heteroatoms. The van der Waals surface area contributed by atoms with Crippen molar-refractivity contribution in [2.45, 2.75) is 39.8 Å². The molecule has 0 aromatic rings. The number of hydrogen-bond acceptors (Lipinski definition) is 3. The van der Waals surface area contributed by atoms with Crippen molar-refractivity contribution in [1.29, 1.82) is 0 Å². The van der Waals surface area contributed by atoms with E-state index < -0.39 is 0 Å². The lowest BCUT2D eigenvalue weighted by Crippen LogP contribution is -2.31. The Morgan fingerprint density at radius 2 is 2.23 bits per heavy atom. The smallest absolute Gasteiger partial charge is 0.334 e. The van der Waals surface area contributed by atoms with Crippen molar-refractivity contribution in [3.63, 3.8) is 0 Å². The number of rotatable bonds is 6. The predicted octanol–water partition coefficient (Wildman–Crippen LogP) is 1.84. The Kier molecular flexibility index (Phi) is 6.24. The predicted molar refractivity (Wildman–Crippen MR) is 53.3 cm³/mol. The minimum atomic E-state index is -0.337. The zero-order valence-corrected chi connectivity index (χ0v) is 8.72. The fraction of sp³-hybridized carbons (Fsp3) is 0.700. The van der Waals surface area contributed by atoms with E-state index in [9.17, 15) is 4.79 Å². The highest BCUT2D eigenvalue weighted by atomic mass is 16.6. The molecule has 0 rings (SSSR count). The molecule has 1 N–H and O–H groups in total. The summed E-state index contributed by atoms with van der Waals surface area (Å²) in [6, 6.07) is 0. The topological polar surface area (TPSA) is 38.3 Å². The van der Waals surface area contributed by atoms with Gasteiger partial charge in [0.2, 0.25) is 0 Å². The highest BCUT2D eigenvalue weighted by Gasteiger charge is 2.07. The van der Waals surface area contributed by atoms with Gasteiger partial charge in [0.15, 0.2) is 6.23 Å². The average molecular weight is 185 g/mol. The van der Waals surface area contributed by atoms with Crippen molar-refractivity contribution in [3.05, 3.63) is 12.2 Å². The maximum Gasteiger partial charge on any atom is 0.334 e. The number of carbonyl (C=O) groups excluding carboxylic acids is 1. The van der Waals surface area contributed by atoms with E-state index in [0.29, 0.717) is 5.57 Å². The second-order valence-corrected chi connectivity index (χ2v) is 3.14. The lowest BCUT2D eigenvalue weighted by atomic mass is 10.3. The van der Waals surface area contributed by atoms with Crippen LogP contribution < -0.4 is 5.32 Å². The molecule has 0 spiro atoms. The first-order chi connectivity index (χ1) is 6.07. The summed E-state index contributed by atoms with van der Waals surface area (Å²) in [4.78, 5) is 11.0. The molecule has 1 atom stereocenters. The van der Waals surface area contributed by atoms with Crippen LogP contribution >= 0.6 is 0 Å². The van der Waals surface area contributed by atoms with Gasteiger partial charge < -0.3 is 4.74 Å². The van der Waals surface area contributed by atoms with Gasteiger partial charge in [-0.2, -0.15) is 0 Å². The third-order valence-electron chi connectivity index (χ3n) is 1.59. The quantitative estimate of drug-likeness (QED) is 0.297. The van der Waals surface area contributed by atoms with Crippen LogP contribution in [0.4, 0.5) is 0 Å². The Bertz CT molecular complexity index is 178. The zero-order chi connectivity index (χ0) is 10.3. The van der Waals surface area contributed by atoms with Crippen molar-refractivity contribution in [2.75, 3.05) is 6.54 Å². The molecule has 0 aromatic heterocycles. The van der Waals surface area contributed by atoms with Crippen LogP contribution in [0, 0.1) is 0 Å². The third-order valence-corrected chi connectivity index (χ3v) is 1.59. The molecule has 0 fully saturated rings. The summed E-state index contributed by atoms with van der Waals surface area (Å²) in [6.45, 7) is 9.95. The van der Waals surface area contributed by atoms with Crippen molar-refractivity contribution in [3.8, 4) is 0 Å². The molecule has 76 valence electrons. The molecule has 1 unspecified atom stereocenters. The van der Waals surface area contributed by atoms with Crippen molar-refractivity contribution in [2.24, 2.45) is 0 Å². The minimum absolute atomic E-state index is 0.226. The van der Waals surface area contributed by atoms with Crippen molar-refractivity contribution in [1.82, 2.24) is 5.32 Å². The van der Waals surface area contributed by atoms with Crippen LogP contribution in [0.15, 0.2) is 12.2 Å². The van der Waals surface area contributed by atoms with Gasteiger partial charge in [0.05, 0.1) is 0 Å². The van der Waals surface area contributed by atoms with E-state index in [2.05, 4.69) is 18.8 Å². The summed E-state index contributed by atoms with van der Waals surface area (Å²) in [5, 5.41) is 3.09. The number of ether oxygens (including phenoxy) is 1. The van der Waals surface area contributed by atoms with Gasteiger partial charge in [-0.1, -0.05) is 19.9 Å². The number of unbranched alkanes of at least 4 members (excludes halogenated alkanes) is 1. The Hall–Kier alpha value is -0.830. The molecule has 0 bridgehead atoms. The maximum atomic E-state index is 11.0. The van der Waals surface area contributed by atoms with Crippen LogP contribution in [-0.4, -0.2) is 18.7 Å². The molecule has 0 aliphatic heterocycles. The van der Waals surface area contributed by atoms with Crippen LogP contribution in [-0.2, 0) is 9.53 Å². The average Bonchev–Trinajstić information content (AvgIpc) is 2.04. The van der Waals surface area contributed by atoms with Crippen LogP contribution in [0.3, 0.4) is 0 Å². The Balaban J connectivity index is 3.55. The molecule has 0 aliphatic rings. The number of esters is 1. The van der Waals surface area contributed by atoms with E-state index in [4.69, 9.17) is 4.74 Å². The molecule has 13 heavy (non-hydrogen) atoms. The summed E-state index contributed by atoms with van der Waals surface area (Å²) in [5.41, 5.74) is 0.434. The summed E-state index contributed by atoms with van der Waals surface area (Å²) in [7, 11) is 0. The van der Waals surface area contributed by atoms with E-state index in [-0.39, 0.29) is 12.2 Å². The van der Waals surface area contributed by atoms with Crippen molar-refractivity contribution >= 4 is 5.97 Å². The molecule has 0 saturated carbocycles. The van der Waals surface area contributed by atoms with Gasteiger partial charge in [-0.15, -0.1) is 0 Å². The van der Waals surface area contributed by atoms with E-state index in [1.807, 2.05) is 6.92 Å². The van der Waals surface area contributed by atoms with Gasteiger partial charge in [0.1, 0.15) is 0 Å². The first kappa shape index (κ1) is 12.2. The van der Waals surface area contributed by atoms with Gasteiger partial charge in [-0.25, -0.2) is 4.79 Å². The normalized spacial score (nSPS) is 12.2. The Morgan fingerprint density at radius 3 is 2.69 bits per heavy atom. The highest BCUT2D eigenvalue weighted by molar-refractivity contribution is 5.87. The molecule has 0 amide bonds. The summed E-state index contributed by atoms with van der Waals surface area (Å²) in [5.74, 6) is -0.337. The van der Waals surface area contributed by atoms with Crippen LogP contribution in [0.1, 0.15) is 33.6 Å². The molecular formula is C10H19NO2. The van der Waals surface area contributed by atoms with Gasteiger partial charge in [-0.05, 0) is 26.8 Å². The van der Waals surface area contributed by atoms with Gasteiger partial charge in [0.25, 0.3) is 0 Å². The van der Waals surface area contributed by atoms with Crippen LogP contribution in [0.2, 0.25) is 0 Å². The van der Waals surface area contributed by atoms with Crippen LogP contribution in [0.25, 0.3) is 0 Å². The SMILES string of the molecule is C=C(C)C(=O)OC(C)NCCCC. The molecule has 0 radical (unpaired) electrons. The molecule has 0 heterocycles. The maximum absolute atomic E-state index is 11.0. The van der Waals surface area contributed by atoms with Gasteiger partial charge in [0, 0.05) is 5.57 Å². The summed E-state index contributed by atoms with van der Waals surface area (Å²) < 4.78 is 5.01. The van der Waals surface area contributed by atoms with E-state index >= 15 is 0 Å². The molecular weight excluding hydrogens is 166 g/mol. The molecule has 0 aliphatic carbocycles. The summed E-state index contributed by atoms with van der Waals surface area (Å²) >= 11 is 0. The first-order valence-electron chi connectivity index (χ1n) is 4.67. The zero-order valence-electron chi connectivity index (χ0n) is 8.72. The molecule has 3 nitrogen and oxygen atoms in total. The highest BCUT2D eigenvalue weighted by Crippen LogP contribution is 1.96.